The van der Waals surface area contributed by atoms with Crippen LogP contribution in [-0.2, 0) is 0 Å². The summed E-state index contributed by atoms with van der Waals surface area (Å²) in [6.07, 6.45) is 8.94. The molecule has 0 saturated carbocycles. The lowest BCUT2D eigenvalue weighted by atomic mass is 9.73. The van der Waals surface area contributed by atoms with E-state index in [-0.39, 0.29) is 12.4 Å². The minimum Gasteiger partial charge on any atom is -0.491 e. The van der Waals surface area contributed by atoms with E-state index in [0.29, 0.717) is 34.9 Å². The molecular weight excluding hydrogens is 416 g/mol. The molecule has 0 aromatic heterocycles. The Morgan fingerprint density at radius 1 is 0.750 bits per heavy atom. The van der Waals surface area contributed by atoms with Gasteiger partial charge >= 0.3 is 0 Å². The molecule has 0 heterocycles. The van der Waals surface area contributed by atoms with Gasteiger partial charge in [0.1, 0.15) is 0 Å². The predicted octanol–water partition coefficient (Wildman–Crippen LogP) is 8.02. The van der Waals surface area contributed by atoms with Gasteiger partial charge in [0.05, 0.1) is 6.61 Å². The highest BCUT2D eigenvalue weighted by Crippen LogP contribution is 2.42. The number of hydrogen-bond acceptors (Lipinski definition) is 1. The molecule has 5 heteroatoms. The number of ether oxygens (including phenoxy) is 1. The van der Waals surface area contributed by atoms with E-state index in [1.165, 1.54) is 6.07 Å². The molecule has 0 saturated heterocycles. The van der Waals surface area contributed by atoms with Crippen molar-refractivity contribution < 1.29 is 22.3 Å². The number of rotatable bonds is 5. The third kappa shape index (κ3) is 4.35. The lowest BCUT2D eigenvalue weighted by Crippen LogP contribution is -2.19. The summed E-state index contributed by atoms with van der Waals surface area (Å²) < 4.78 is 62.2. The zero-order chi connectivity index (χ0) is 22.8. The Bertz CT molecular complexity index is 1070. The first-order chi connectivity index (χ1) is 15.4. The summed E-state index contributed by atoms with van der Waals surface area (Å²) in [6, 6.07) is 6.38. The topological polar surface area (TPSA) is 9.23 Å². The summed E-state index contributed by atoms with van der Waals surface area (Å²) in [5.74, 6) is -2.46. The number of benzene rings is 2. The average Bonchev–Trinajstić information content (AvgIpc) is 2.81. The van der Waals surface area contributed by atoms with Gasteiger partial charge in [-0.3, -0.25) is 0 Å². The Balaban J connectivity index is 1.43. The van der Waals surface area contributed by atoms with Gasteiger partial charge in [-0.15, -0.1) is 0 Å². The van der Waals surface area contributed by atoms with Crippen LogP contribution in [0.2, 0.25) is 0 Å². The SMILES string of the molecule is CCOc1ccc(C2=CCC(C3CC=C(c4ccc(C)c(F)c4F)CC3)CC2)c(F)c1F. The van der Waals surface area contributed by atoms with Crippen LogP contribution in [0.15, 0.2) is 36.4 Å². The Morgan fingerprint density at radius 3 is 1.78 bits per heavy atom. The third-order valence-electron chi connectivity index (χ3n) is 6.88. The molecule has 32 heavy (non-hydrogen) atoms. The maximum absolute atomic E-state index is 14.6. The monoisotopic (exact) mass is 444 g/mol. The fraction of sp³-hybridized carbons (Fsp3) is 0.407. The van der Waals surface area contributed by atoms with Crippen LogP contribution in [0.3, 0.4) is 0 Å². The molecular formula is C27H28F4O. The minimum absolute atomic E-state index is 0.0577. The largest absolute Gasteiger partial charge is 0.491 e. The molecule has 0 amide bonds. The number of hydrogen-bond donors (Lipinski definition) is 0. The van der Waals surface area contributed by atoms with Gasteiger partial charge in [-0.05, 0) is 93.1 Å². The van der Waals surface area contributed by atoms with Gasteiger partial charge in [0.2, 0.25) is 5.82 Å². The van der Waals surface area contributed by atoms with Crippen molar-refractivity contribution in [2.45, 2.75) is 52.4 Å². The van der Waals surface area contributed by atoms with Crippen molar-refractivity contribution in [3.63, 3.8) is 0 Å². The van der Waals surface area contributed by atoms with Crippen LogP contribution in [0.4, 0.5) is 17.6 Å². The first-order valence-electron chi connectivity index (χ1n) is 11.3. The maximum Gasteiger partial charge on any atom is 0.201 e. The highest BCUT2D eigenvalue weighted by Gasteiger charge is 2.28. The van der Waals surface area contributed by atoms with Crippen LogP contribution >= 0.6 is 0 Å². The van der Waals surface area contributed by atoms with Gasteiger partial charge < -0.3 is 4.74 Å². The molecule has 2 atom stereocenters. The smallest absolute Gasteiger partial charge is 0.201 e. The molecule has 2 aliphatic rings. The normalized spacial score (nSPS) is 21.2. The van der Waals surface area contributed by atoms with Crippen LogP contribution in [-0.4, -0.2) is 6.61 Å². The molecule has 0 spiro atoms. The zero-order valence-corrected chi connectivity index (χ0v) is 18.5. The third-order valence-corrected chi connectivity index (χ3v) is 6.88. The van der Waals surface area contributed by atoms with Crippen molar-refractivity contribution in [1.82, 2.24) is 0 Å². The average molecular weight is 445 g/mol. The van der Waals surface area contributed by atoms with E-state index in [4.69, 9.17) is 4.74 Å². The van der Waals surface area contributed by atoms with Crippen molar-refractivity contribution in [3.05, 3.63) is 76.4 Å². The second-order valence-corrected chi connectivity index (χ2v) is 8.76. The number of allylic oxidation sites excluding steroid dienone is 4. The van der Waals surface area contributed by atoms with E-state index in [1.54, 1.807) is 32.0 Å². The van der Waals surface area contributed by atoms with E-state index >= 15 is 0 Å². The molecule has 0 N–H and O–H groups in total. The number of aryl methyl sites for hydroxylation is 1. The van der Waals surface area contributed by atoms with E-state index in [0.717, 1.165) is 43.3 Å². The summed E-state index contributed by atoms with van der Waals surface area (Å²) in [6.45, 7) is 3.57. The second-order valence-electron chi connectivity index (χ2n) is 8.76. The molecule has 0 fully saturated rings. The van der Waals surface area contributed by atoms with E-state index in [1.807, 2.05) is 12.2 Å². The number of halogens is 4. The summed E-state index contributed by atoms with van der Waals surface area (Å²) in [5.41, 5.74) is 2.70. The fourth-order valence-electron chi connectivity index (χ4n) is 5.00. The van der Waals surface area contributed by atoms with Gasteiger partial charge in [-0.25, -0.2) is 13.2 Å². The Morgan fingerprint density at radius 2 is 1.28 bits per heavy atom. The van der Waals surface area contributed by atoms with Crippen molar-refractivity contribution in [2.75, 3.05) is 6.61 Å². The van der Waals surface area contributed by atoms with Gasteiger partial charge in [0, 0.05) is 11.1 Å². The van der Waals surface area contributed by atoms with Crippen LogP contribution in [0.1, 0.15) is 62.1 Å². The molecule has 2 aromatic rings. The minimum atomic E-state index is -0.933. The highest BCUT2D eigenvalue weighted by atomic mass is 19.2. The van der Waals surface area contributed by atoms with Gasteiger partial charge in [-0.2, -0.15) is 4.39 Å². The highest BCUT2D eigenvalue weighted by molar-refractivity contribution is 5.68. The van der Waals surface area contributed by atoms with E-state index in [2.05, 4.69) is 0 Å². The molecule has 2 aliphatic carbocycles. The van der Waals surface area contributed by atoms with Crippen LogP contribution in [0.25, 0.3) is 11.1 Å². The molecule has 170 valence electrons. The Hall–Kier alpha value is -2.56. The molecule has 0 radical (unpaired) electrons. The summed E-state index contributed by atoms with van der Waals surface area (Å²) in [5, 5.41) is 0. The van der Waals surface area contributed by atoms with Gasteiger partial charge in [0.15, 0.2) is 23.2 Å². The standard InChI is InChI=1S/C27H28F4O/c1-3-32-23-15-14-22(26(30)27(23)31)20-11-7-18(8-12-20)17-5-9-19(10-6-17)21-13-4-16(2)24(28)25(21)29/h4,9,11,13-15,17-18H,3,5-8,10,12H2,1-2H3. The van der Waals surface area contributed by atoms with Crippen LogP contribution < -0.4 is 4.74 Å². The van der Waals surface area contributed by atoms with Crippen molar-refractivity contribution in [3.8, 4) is 5.75 Å². The zero-order valence-electron chi connectivity index (χ0n) is 18.5. The first kappa shape index (κ1) is 22.6. The molecule has 0 aliphatic heterocycles. The predicted molar refractivity (Wildman–Crippen MR) is 119 cm³/mol. The van der Waals surface area contributed by atoms with Crippen molar-refractivity contribution in [2.24, 2.45) is 11.8 Å². The summed E-state index contributed by atoms with van der Waals surface area (Å²) in [7, 11) is 0. The lowest BCUT2D eigenvalue weighted by Gasteiger charge is -2.32. The summed E-state index contributed by atoms with van der Waals surface area (Å²) in [4.78, 5) is 0. The quantitative estimate of drug-likeness (QED) is 0.424. The summed E-state index contributed by atoms with van der Waals surface area (Å²) >= 11 is 0. The second kappa shape index (κ2) is 9.51. The van der Waals surface area contributed by atoms with Gasteiger partial charge in [-0.1, -0.05) is 24.3 Å². The molecule has 2 aromatic carbocycles. The van der Waals surface area contributed by atoms with E-state index in [9.17, 15) is 17.6 Å². The molecule has 1 nitrogen and oxygen atoms in total. The van der Waals surface area contributed by atoms with E-state index < -0.39 is 23.3 Å². The van der Waals surface area contributed by atoms with Crippen molar-refractivity contribution >= 4 is 11.1 Å². The van der Waals surface area contributed by atoms with Crippen LogP contribution in [0, 0.1) is 42.0 Å². The Labute approximate surface area is 186 Å². The molecule has 0 bridgehead atoms. The molecule has 4 rings (SSSR count). The fourth-order valence-corrected chi connectivity index (χ4v) is 5.00. The first-order valence-corrected chi connectivity index (χ1v) is 11.3. The lowest BCUT2D eigenvalue weighted by molar-refractivity contribution is 0.292. The molecule has 2 unspecified atom stereocenters. The maximum atomic E-state index is 14.6. The van der Waals surface area contributed by atoms with Crippen LogP contribution in [0.5, 0.6) is 5.75 Å². The van der Waals surface area contributed by atoms with Crippen molar-refractivity contribution in [1.29, 1.82) is 0 Å². The Kier molecular flexibility index (Phi) is 6.73. The van der Waals surface area contributed by atoms with Gasteiger partial charge in [0.25, 0.3) is 0 Å².